The van der Waals surface area contributed by atoms with Crippen molar-refractivity contribution in [1.82, 2.24) is 14.5 Å². The molecule has 0 bridgehead atoms. The summed E-state index contributed by atoms with van der Waals surface area (Å²) in [6.45, 7) is 12.5. The molecule has 0 amide bonds. The smallest absolute Gasteiger partial charge is 0.314 e. The highest BCUT2D eigenvalue weighted by Gasteiger charge is 2.39. The van der Waals surface area contributed by atoms with Gasteiger partial charge < -0.3 is 9.72 Å². The topological polar surface area (TPSA) is 101 Å². The van der Waals surface area contributed by atoms with Gasteiger partial charge in [-0.05, 0) is 67.0 Å². The van der Waals surface area contributed by atoms with E-state index >= 15 is 8.78 Å². The molecule has 0 spiro atoms. The predicted octanol–water partition coefficient (Wildman–Crippen LogP) is 6.36. The number of H-pyrrole nitrogens is 1. The molecule has 0 aliphatic heterocycles. The van der Waals surface area contributed by atoms with Crippen molar-refractivity contribution in [2.24, 2.45) is 11.8 Å². The van der Waals surface area contributed by atoms with Crippen molar-refractivity contribution >= 4 is 11.6 Å². The minimum atomic E-state index is -3.67. The number of hydrogen-bond acceptors (Lipinski definition) is 5. The quantitative estimate of drug-likeness (QED) is 0.293. The highest BCUT2D eigenvalue weighted by molar-refractivity contribution is 6.30. The van der Waals surface area contributed by atoms with Gasteiger partial charge in [0.15, 0.2) is 5.69 Å². The number of alkyl halides is 2. The molecule has 206 valence electrons. The van der Waals surface area contributed by atoms with Gasteiger partial charge in [0, 0.05) is 16.3 Å². The van der Waals surface area contributed by atoms with Crippen LogP contribution >= 0.6 is 11.6 Å². The van der Waals surface area contributed by atoms with Gasteiger partial charge in [0.25, 0.3) is 11.1 Å². The second kappa shape index (κ2) is 12.0. The third-order valence-electron chi connectivity index (χ3n) is 6.72. The first-order valence-corrected chi connectivity index (χ1v) is 12.9. The van der Waals surface area contributed by atoms with Gasteiger partial charge in [0.05, 0.1) is 24.5 Å². The fraction of sp³-hybridized carbons (Fsp3) is 0.379. The maximum absolute atomic E-state index is 15.1. The maximum atomic E-state index is 15.1. The second-order valence-corrected chi connectivity index (χ2v) is 10.4. The number of nitrogens with one attached hydrogen (secondary N) is 1. The Kier molecular flexibility index (Phi) is 9.13. The molecule has 10 heteroatoms. The number of hydrogen-bond donors (Lipinski definition) is 1. The van der Waals surface area contributed by atoms with Crippen LogP contribution < -0.4 is 15.9 Å². The average Bonchev–Trinajstić information content (AvgIpc) is 2.87. The Morgan fingerprint density at radius 3 is 2.51 bits per heavy atom. The Morgan fingerprint density at radius 2 is 1.92 bits per heavy atom. The Bertz CT molecular complexity index is 1550. The lowest BCUT2D eigenvalue weighted by Gasteiger charge is -2.20. The number of aromatic nitrogens is 3. The third kappa shape index (κ3) is 6.63. The Morgan fingerprint density at radius 1 is 1.23 bits per heavy atom. The van der Waals surface area contributed by atoms with Crippen molar-refractivity contribution in [3.05, 3.63) is 96.6 Å². The monoisotopic (exact) mass is 556 g/mol. The van der Waals surface area contributed by atoms with Crippen molar-refractivity contribution in [3.8, 4) is 17.6 Å². The number of nitrogens with zero attached hydrogens (tertiary/aromatic N) is 3. The number of ether oxygens (including phenoxy) is 1. The molecule has 3 aromatic rings. The normalized spacial score (nSPS) is 12.3. The summed E-state index contributed by atoms with van der Waals surface area (Å²) in [5.74, 6) is -3.85. The standard InChI is InChI=1S/C29H31ClF2N4O3/c1-7-24-21(11-20(27(37)35-24)8-18(6)16(2)3)14-36-15-34-26(29(31,32)17(4)5)25(28(36)38)39-23-10-19(13-33)9-22(30)12-23/h9-12,15-16,18H,4,7-8,14H2,1-3,5-6H3,(H,35,37). The van der Waals surface area contributed by atoms with E-state index in [4.69, 9.17) is 16.3 Å². The second-order valence-electron chi connectivity index (χ2n) is 10.0. The zero-order valence-corrected chi connectivity index (χ0v) is 23.3. The zero-order chi connectivity index (χ0) is 29.1. The van der Waals surface area contributed by atoms with E-state index in [0.717, 1.165) is 17.8 Å². The average molecular weight is 557 g/mol. The third-order valence-corrected chi connectivity index (χ3v) is 6.93. The van der Waals surface area contributed by atoms with Crippen molar-refractivity contribution in [3.63, 3.8) is 0 Å². The van der Waals surface area contributed by atoms with Crippen LogP contribution in [-0.2, 0) is 25.3 Å². The number of halogens is 3. The summed E-state index contributed by atoms with van der Waals surface area (Å²) in [4.78, 5) is 33.1. The molecule has 1 aromatic carbocycles. The van der Waals surface area contributed by atoms with Crippen LogP contribution in [0.15, 0.2) is 52.3 Å². The van der Waals surface area contributed by atoms with Crippen LogP contribution in [0.5, 0.6) is 11.5 Å². The minimum Gasteiger partial charge on any atom is -0.449 e. The summed E-state index contributed by atoms with van der Waals surface area (Å²) in [7, 11) is 0. The van der Waals surface area contributed by atoms with E-state index in [2.05, 4.69) is 37.3 Å². The van der Waals surface area contributed by atoms with E-state index in [0.29, 0.717) is 35.6 Å². The fourth-order valence-corrected chi connectivity index (χ4v) is 4.16. The lowest BCUT2D eigenvalue weighted by atomic mass is 9.91. The van der Waals surface area contributed by atoms with E-state index in [9.17, 15) is 14.9 Å². The number of aryl methyl sites for hydroxylation is 1. The zero-order valence-electron chi connectivity index (χ0n) is 22.6. The SMILES string of the molecule is C=C(C)C(F)(F)c1ncn(Cc2cc(CC(C)C(C)C)c(=O)[nH]c2CC)c(=O)c1Oc1cc(Cl)cc(C#N)c1. The maximum Gasteiger partial charge on any atom is 0.314 e. The number of allylic oxidation sites excluding steroid dienone is 1. The molecule has 1 unspecified atom stereocenters. The van der Waals surface area contributed by atoms with E-state index in [1.807, 2.05) is 13.0 Å². The Balaban J connectivity index is 2.16. The summed E-state index contributed by atoms with van der Waals surface area (Å²) in [6, 6.07) is 7.63. The predicted molar refractivity (Wildman–Crippen MR) is 147 cm³/mol. The summed E-state index contributed by atoms with van der Waals surface area (Å²) in [5, 5.41) is 9.38. The molecule has 2 heterocycles. The van der Waals surface area contributed by atoms with E-state index in [1.54, 1.807) is 6.07 Å². The summed E-state index contributed by atoms with van der Waals surface area (Å²) in [6.07, 6.45) is 2.06. The van der Waals surface area contributed by atoms with Gasteiger partial charge in [-0.1, -0.05) is 45.9 Å². The van der Waals surface area contributed by atoms with Gasteiger partial charge in [-0.3, -0.25) is 14.2 Å². The van der Waals surface area contributed by atoms with Gasteiger partial charge in [-0.25, -0.2) is 4.98 Å². The number of pyridine rings is 1. The van der Waals surface area contributed by atoms with Crippen LogP contribution in [0.25, 0.3) is 0 Å². The molecule has 39 heavy (non-hydrogen) atoms. The molecule has 1 atom stereocenters. The molecule has 7 nitrogen and oxygen atoms in total. The van der Waals surface area contributed by atoms with Crippen molar-refractivity contribution in [1.29, 1.82) is 5.26 Å². The van der Waals surface area contributed by atoms with Crippen molar-refractivity contribution < 1.29 is 13.5 Å². The van der Waals surface area contributed by atoms with Crippen LogP contribution in [0.2, 0.25) is 5.02 Å². The van der Waals surface area contributed by atoms with Gasteiger partial charge in [-0.2, -0.15) is 14.0 Å². The molecular weight excluding hydrogens is 526 g/mol. The molecule has 3 rings (SSSR count). The van der Waals surface area contributed by atoms with E-state index < -0.39 is 28.5 Å². The first-order valence-electron chi connectivity index (χ1n) is 12.5. The van der Waals surface area contributed by atoms with Crippen LogP contribution in [0.1, 0.15) is 62.7 Å². The first kappa shape index (κ1) is 29.8. The Hall–Kier alpha value is -3.77. The number of aromatic amines is 1. The van der Waals surface area contributed by atoms with Crippen LogP contribution in [0, 0.1) is 23.2 Å². The molecule has 0 aliphatic rings. The van der Waals surface area contributed by atoms with E-state index in [1.165, 1.54) is 18.2 Å². The summed E-state index contributed by atoms with van der Waals surface area (Å²) < 4.78 is 37.0. The van der Waals surface area contributed by atoms with Crippen LogP contribution in [0.4, 0.5) is 8.78 Å². The Labute approximate surface area is 230 Å². The number of benzene rings is 1. The van der Waals surface area contributed by atoms with Crippen molar-refractivity contribution in [2.75, 3.05) is 0 Å². The fourth-order valence-electron chi connectivity index (χ4n) is 3.94. The first-order chi connectivity index (χ1) is 18.3. The minimum absolute atomic E-state index is 0.0386. The molecule has 2 aromatic heterocycles. The number of rotatable bonds is 10. The van der Waals surface area contributed by atoms with Crippen molar-refractivity contribution in [2.45, 2.75) is 59.9 Å². The molecule has 0 saturated heterocycles. The molecule has 0 fully saturated rings. The highest BCUT2D eigenvalue weighted by Crippen LogP contribution is 2.38. The molecule has 0 radical (unpaired) electrons. The van der Waals surface area contributed by atoms with Crippen LogP contribution in [0.3, 0.4) is 0 Å². The molecule has 1 N–H and O–H groups in total. The molecular formula is C29H31ClF2N4O3. The lowest BCUT2D eigenvalue weighted by Crippen LogP contribution is -2.29. The van der Waals surface area contributed by atoms with Crippen LogP contribution in [-0.4, -0.2) is 14.5 Å². The largest absolute Gasteiger partial charge is 0.449 e. The lowest BCUT2D eigenvalue weighted by molar-refractivity contribution is 0.0309. The highest BCUT2D eigenvalue weighted by atomic mass is 35.5. The number of nitriles is 1. The summed E-state index contributed by atoms with van der Waals surface area (Å²) in [5.41, 5.74) is -0.509. The van der Waals surface area contributed by atoms with Gasteiger partial charge in [0.2, 0.25) is 5.75 Å². The molecule has 0 aliphatic carbocycles. The van der Waals surface area contributed by atoms with Gasteiger partial charge in [0.1, 0.15) is 5.75 Å². The summed E-state index contributed by atoms with van der Waals surface area (Å²) >= 11 is 6.05. The van der Waals surface area contributed by atoms with E-state index in [-0.39, 0.29) is 34.4 Å². The molecule has 0 saturated carbocycles. The van der Waals surface area contributed by atoms with Gasteiger partial charge in [-0.15, -0.1) is 0 Å². The van der Waals surface area contributed by atoms with Gasteiger partial charge >= 0.3 is 5.92 Å².